The van der Waals surface area contributed by atoms with Crippen LogP contribution >= 0.6 is 0 Å². The van der Waals surface area contributed by atoms with E-state index in [2.05, 4.69) is 5.32 Å². The van der Waals surface area contributed by atoms with Gasteiger partial charge in [0, 0.05) is 24.2 Å². The molecule has 3 rings (SSSR count). The van der Waals surface area contributed by atoms with Crippen LogP contribution in [0.4, 0.5) is 5.69 Å². The molecule has 0 radical (unpaired) electrons. The van der Waals surface area contributed by atoms with Gasteiger partial charge in [-0.15, -0.1) is 0 Å². The summed E-state index contributed by atoms with van der Waals surface area (Å²) in [6, 6.07) is 9.93. The van der Waals surface area contributed by atoms with Gasteiger partial charge in [-0.25, -0.2) is 0 Å². The van der Waals surface area contributed by atoms with Gasteiger partial charge in [0.25, 0.3) is 0 Å². The zero-order valence-electron chi connectivity index (χ0n) is 10.1. The predicted molar refractivity (Wildman–Crippen MR) is 67.9 cm³/mol. The molecule has 90 valence electrons. The average Bonchev–Trinajstić information content (AvgIpc) is 3.14. The lowest BCUT2D eigenvalue weighted by Gasteiger charge is -2.25. The van der Waals surface area contributed by atoms with Crippen LogP contribution in [-0.4, -0.2) is 25.0 Å². The highest BCUT2D eigenvalue weighted by atomic mass is 16.2. The van der Waals surface area contributed by atoms with Gasteiger partial charge in [-0.2, -0.15) is 0 Å². The van der Waals surface area contributed by atoms with Gasteiger partial charge in [0.05, 0.1) is 6.04 Å². The van der Waals surface area contributed by atoms with Crippen molar-refractivity contribution in [3.8, 4) is 0 Å². The number of para-hydroxylation sites is 1. The molecule has 1 N–H and O–H groups in total. The lowest BCUT2D eigenvalue weighted by atomic mass is 10.1. The molecule has 1 atom stereocenters. The smallest absolute Gasteiger partial charge is 0.243 e. The van der Waals surface area contributed by atoms with Gasteiger partial charge in [0.15, 0.2) is 0 Å². The molecule has 1 saturated heterocycles. The maximum atomic E-state index is 12.3. The highest BCUT2D eigenvalue weighted by molar-refractivity contribution is 5.97. The van der Waals surface area contributed by atoms with E-state index in [1.807, 2.05) is 42.2 Å². The molecule has 0 bridgehead atoms. The lowest BCUT2D eigenvalue weighted by Crippen LogP contribution is -2.41. The van der Waals surface area contributed by atoms with Crippen molar-refractivity contribution in [2.24, 2.45) is 5.41 Å². The normalized spacial score (nSPS) is 27.0. The number of nitrogens with zero attached hydrogens (tertiary/aromatic N) is 1. The molecule has 1 heterocycles. The predicted octanol–water partition coefficient (Wildman–Crippen LogP) is 1.79. The molecule has 17 heavy (non-hydrogen) atoms. The summed E-state index contributed by atoms with van der Waals surface area (Å²) in [7, 11) is 0. The minimum atomic E-state index is -0.0739. The Morgan fingerprint density at radius 2 is 2.00 bits per heavy atom. The van der Waals surface area contributed by atoms with E-state index in [0.29, 0.717) is 5.41 Å². The highest BCUT2D eigenvalue weighted by Crippen LogP contribution is 2.47. The topological polar surface area (TPSA) is 32.3 Å². The van der Waals surface area contributed by atoms with Gasteiger partial charge in [0.2, 0.25) is 5.91 Å². The Hall–Kier alpha value is -1.35. The third kappa shape index (κ3) is 1.95. The highest BCUT2D eigenvalue weighted by Gasteiger charge is 2.47. The first-order chi connectivity index (χ1) is 8.20. The monoisotopic (exact) mass is 230 g/mol. The number of nitrogens with one attached hydrogen (secondary N) is 1. The molecule has 0 aromatic heterocycles. The fraction of sp³-hybridized carbons (Fsp3) is 0.500. The van der Waals surface area contributed by atoms with E-state index in [1.54, 1.807) is 0 Å². The van der Waals surface area contributed by atoms with Crippen LogP contribution in [0.2, 0.25) is 0 Å². The van der Waals surface area contributed by atoms with Gasteiger partial charge in [0.1, 0.15) is 0 Å². The van der Waals surface area contributed by atoms with E-state index in [-0.39, 0.29) is 11.9 Å². The van der Waals surface area contributed by atoms with Crippen molar-refractivity contribution in [1.82, 2.24) is 5.32 Å². The van der Waals surface area contributed by atoms with Crippen LogP contribution < -0.4 is 10.2 Å². The number of benzene rings is 1. The van der Waals surface area contributed by atoms with Crippen LogP contribution in [0.5, 0.6) is 0 Å². The molecule has 1 saturated carbocycles. The van der Waals surface area contributed by atoms with Gasteiger partial charge in [-0.05, 0) is 31.9 Å². The summed E-state index contributed by atoms with van der Waals surface area (Å²) in [6.45, 7) is 3.80. The van der Waals surface area contributed by atoms with E-state index in [1.165, 1.54) is 12.8 Å². The molecule has 1 aliphatic carbocycles. The molecule has 2 fully saturated rings. The zero-order valence-corrected chi connectivity index (χ0v) is 10.1. The third-order valence-corrected chi connectivity index (χ3v) is 3.94. The van der Waals surface area contributed by atoms with E-state index in [0.717, 1.165) is 18.8 Å². The molecule has 3 nitrogen and oxygen atoms in total. The maximum absolute atomic E-state index is 12.3. The van der Waals surface area contributed by atoms with Crippen molar-refractivity contribution in [2.75, 3.05) is 18.0 Å². The molecule has 1 aromatic rings. The van der Waals surface area contributed by atoms with Crippen molar-refractivity contribution < 1.29 is 4.79 Å². The fourth-order valence-electron chi connectivity index (χ4n) is 2.50. The summed E-state index contributed by atoms with van der Waals surface area (Å²) >= 11 is 0. The van der Waals surface area contributed by atoms with Crippen LogP contribution in [0.15, 0.2) is 30.3 Å². The van der Waals surface area contributed by atoms with Crippen molar-refractivity contribution >= 4 is 11.6 Å². The second-order valence-corrected chi connectivity index (χ2v) is 5.36. The Morgan fingerprint density at radius 3 is 2.65 bits per heavy atom. The van der Waals surface area contributed by atoms with E-state index in [4.69, 9.17) is 0 Å². The van der Waals surface area contributed by atoms with Crippen LogP contribution in [0.3, 0.4) is 0 Å². The Kier molecular flexibility index (Phi) is 2.44. The van der Waals surface area contributed by atoms with Gasteiger partial charge >= 0.3 is 0 Å². The first-order valence-corrected chi connectivity index (χ1v) is 6.30. The largest absolute Gasteiger partial charge is 0.310 e. The van der Waals surface area contributed by atoms with Gasteiger partial charge in [-0.1, -0.05) is 18.2 Å². The Morgan fingerprint density at radius 1 is 1.29 bits per heavy atom. The van der Waals surface area contributed by atoms with Crippen LogP contribution in [0.25, 0.3) is 0 Å². The Balaban J connectivity index is 1.92. The number of amides is 1. The summed E-state index contributed by atoms with van der Waals surface area (Å²) in [5.74, 6) is 0.194. The number of anilines is 1. The van der Waals surface area contributed by atoms with Crippen molar-refractivity contribution in [3.63, 3.8) is 0 Å². The van der Waals surface area contributed by atoms with Crippen molar-refractivity contribution in [1.29, 1.82) is 0 Å². The van der Waals surface area contributed by atoms with Crippen LogP contribution in [-0.2, 0) is 4.79 Å². The first kappa shape index (κ1) is 10.8. The summed E-state index contributed by atoms with van der Waals surface area (Å²) in [4.78, 5) is 14.3. The summed E-state index contributed by atoms with van der Waals surface area (Å²) < 4.78 is 0. The molecule has 1 aliphatic heterocycles. The Labute approximate surface area is 102 Å². The third-order valence-electron chi connectivity index (χ3n) is 3.94. The van der Waals surface area contributed by atoms with Gasteiger partial charge in [-0.3, -0.25) is 4.79 Å². The molecule has 1 amide bonds. The number of hydrogen-bond acceptors (Lipinski definition) is 2. The number of carbonyl (C=O) groups excluding carboxylic acids is 1. The Bertz CT molecular complexity index is 425. The molecule has 1 spiro atoms. The summed E-state index contributed by atoms with van der Waals surface area (Å²) in [5, 5.41) is 3.36. The molecule has 1 unspecified atom stereocenters. The minimum Gasteiger partial charge on any atom is -0.310 e. The summed E-state index contributed by atoms with van der Waals surface area (Å²) in [6.07, 6.45) is 2.48. The van der Waals surface area contributed by atoms with Crippen molar-refractivity contribution in [3.05, 3.63) is 30.3 Å². The number of rotatable bonds is 1. The van der Waals surface area contributed by atoms with E-state index < -0.39 is 0 Å². The van der Waals surface area contributed by atoms with E-state index >= 15 is 0 Å². The number of hydrogen-bond donors (Lipinski definition) is 1. The van der Waals surface area contributed by atoms with E-state index in [9.17, 15) is 4.79 Å². The molecular formula is C14H18N2O. The SMILES string of the molecule is CC1NCC2(CC2)CN(c2ccccc2)C1=O. The van der Waals surface area contributed by atoms with Crippen LogP contribution in [0, 0.1) is 5.41 Å². The molecular weight excluding hydrogens is 212 g/mol. The second-order valence-electron chi connectivity index (χ2n) is 5.36. The molecule has 1 aromatic carbocycles. The van der Waals surface area contributed by atoms with Gasteiger partial charge < -0.3 is 10.2 Å². The lowest BCUT2D eigenvalue weighted by molar-refractivity contribution is -0.119. The second kappa shape index (κ2) is 3.84. The standard InChI is InChI=1S/C14H18N2O/c1-11-13(17)16(12-5-3-2-4-6-12)10-14(7-8-14)9-15-11/h2-6,11,15H,7-10H2,1H3. The quantitative estimate of drug-likeness (QED) is 0.797. The first-order valence-electron chi connectivity index (χ1n) is 6.30. The molecule has 2 aliphatic rings. The summed E-state index contributed by atoms with van der Waals surface area (Å²) in [5.41, 5.74) is 1.37. The minimum absolute atomic E-state index is 0.0739. The fourth-order valence-corrected chi connectivity index (χ4v) is 2.50. The van der Waals surface area contributed by atoms with Crippen LogP contribution in [0.1, 0.15) is 19.8 Å². The van der Waals surface area contributed by atoms with Crippen molar-refractivity contribution in [2.45, 2.75) is 25.8 Å². The maximum Gasteiger partial charge on any atom is 0.243 e. The zero-order chi connectivity index (χ0) is 11.9. The number of carbonyl (C=O) groups is 1. The molecule has 3 heteroatoms. The average molecular weight is 230 g/mol.